The summed E-state index contributed by atoms with van der Waals surface area (Å²) in [6.07, 6.45) is 1.72. The average molecular weight is 418 g/mol. The van der Waals surface area contributed by atoms with Gasteiger partial charge in [-0.05, 0) is 38.3 Å². The van der Waals surface area contributed by atoms with Crippen LogP contribution in [0.25, 0.3) is 0 Å². The summed E-state index contributed by atoms with van der Waals surface area (Å²) < 4.78 is 19.7. The number of halogens is 2. The molecule has 0 heterocycles. The lowest BCUT2D eigenvalue weighted by Crippen LogP contribution is -2.30. The first-order valence-corrected chi connectivity index (χ1v) is 10.5. The second kappa shape index (κ2) is 10.3. The van der Waals surface area contributed by atoms with Gasteiger partial charge in [0.25, 0.3) is 0 Å². The summed E-state index contributed by atoms with van der Waals surface area (Å²) in [7, 11) is 0. The highest BCUT2D eigenvalue weighted by Gasteiger charge is 2.27. The van der Waals surface area contributed by atoms with Crippen molar-refractivity contribution in [3.63, 3.8) is 0 Å². The summed E-state index contributed by atoms with van der Waals surface area (Å²) in [5.41, 5.74) is -0.565. The number of carbonyl (C=O) groups is 2. The van der Waals surface area contributed by atoms with Gasteiger partial charge >= 0.3 is 5.97 Å². The van der Waals surface area contributed by atoms with Gasteiger partial charge in [-0.3, -0.25) is 9.59 Å². The highest BCUT2D eigenvalue weighted by atomic mass is 35.5. The number of esters is 1. The Bertz CT molecular complexity index is 681. The van der Waals surface area contributed by atoms with Crippen molar-refractivity contribution in [1.29, 1.82) is 0 Å². The molecule has 0 aliphatic rings. The molecule has 4 nitrogen and oxygen atoms in total. The van der Waals surface area contributed by atoms with Crippen molar-refractivity contribution in [2.75, 3.05) is 5.32 Å². The number of ether oxygens (including phenoxy) is 1. The molecule has 0 aromatic heterocycles. The summed E-state index contributed by atoms with van der Waals surface area (Å²) in [5.74, 6) is -1.21. The first-order valence-electron chi connectivity index (χ1n) is 9.23. The normalized spacial score (nSPS) is 13.8. The molecule has 1 amide bonds. The van der Waals surface area contributed by atoms with E-state index in [0.29, 0.717) is 17.7 Å². The fourth-order valence-electron chi connectivity index (χ4n) is 1.98. The smallest absolute Gasteiger partial charge is 0.319 e. The second-order valence-electron chi connectivity index (χ2n) is 7.12. The molecule has 0 saturated heterocycles. The molecule has 2 unspecified atom stereocenters. The largest absolute Gasteiger partial charge is 0.462 e. The summed E-state index contributed by atoms with van der Waals surface area (Å²) in [6, 6.07) is 2.64. The number of anilines is 1. The van der Waals surface area contributed by atoms with E-state index >= 15 is 0 Å². The summed E-state index contributed by atoms with van der Waals surface area (Å²) in [5, 5.41) is 2.36. The second-order valence-corrected chi connectivity index (χ2v) is 8.78. The summed E-state index contributed by atoms with van der Waals surface area (Å²) >= 11 is 7.38. The van der Waals surface area contributed by atoms with E-state index in [1.807, 2.05) is 27.7 Å². The average Bonchev–Trinajstić information content (AvgIpc) is 2.62. The molecule has 0 radical (unpaired) electrons. The maximum atomic E-state index is 14.3. The zero-order chi connectivity index (χ0) is 20.8. The number of thioether (sulfide) groups is 1. The molecule has 1 aromatic carbocycles. The molecule has 1 aromatic rings. The Balaban J connectivity index is 3.04. The Morgan fingerprint density at radius 3 is 2.41 bits per heavy atom. The van der Waals surface area contributed by atoms with Gasteiger partial charge in [-0.2, -0.15) is 0 Å². The van der Waals surface area contributed by atoms with Gasteiger partial charge < -0.3 is 10.1 Å². The van der Waals surface area contributed by atoms with Gasteiger partial charge in [0.2, 0.25) is 5.91 Å². The lowest BCUT2D eigenvalue weighted by atomic mass is 9.89. The van der Waals surface area contributed by atoms with E-state index in [1.165, 1.54) is 17.8 Å². The number of carbonyl (C=O) groups excluding carboxylic acids is 2. The molecule has 0 aliphatic carbocycles. The minimum absolute atomic E-state index is 0.0542. The van der Waals surface area contributed by atoms with Gasteiger partial charge in [0.15, 0.2) is 0 Å². The van der Waals surface area contributed by atoms with E-state index in [1.54, 1.807) is 13.8 Å². The van der Waals surface area contributed by atoms with Crippen molar-refractivity contribution < 1.29 is 18.7 Å². The van der Waals surface area contributed by atoms with E-state index in [2.05, 4.69) is 5.32 Å². The van der Waals surface area contributed by atoms with Crippen molar-refractivity contribution in [2.24, 2.45) is 5.41 Å². The molecular weight excluding hydrogens is 389 g/mol. The fourth-order valence-corrected chi connectivity index (χ4v) is 3.24. The van der Waals surface area contributed by atoms with Gasteiger partial charge in [-0.15, -0.1) is 11.8 Å². The lowest BCUT2D eigenvalue weighted by Gasteiger charge is -2.22. The SMILES string of the molecule is CCC(C)OC(=O)C(CC)Sc1cc(NC(=O)C(C)(C)CC)c(F)cc1Cl. The Hall–Kier alpha value is -1.27. The molecule has 0 saturated carbocycles. The molecule has 152 valence electrons. The van der Waals surface area contributed by atoms with Gasteiger partial charge in [0.1, 0.15) is 11.1 Å². The zero-order valence-electron chi connectivity index (χ0n) is 16.8. The molecule has 0 bridgehead atoms. The van der Waals surface area contributed by atoms with E-state index in [0.717, 1.165) is 12.5 Å². The van der Waals surface area contributed by atoms with Crippen LogP contribution in [0, 0.1) is 11.2 Å². The monoisotopic (exact) mass is 417 g/mol. The third kappa shape index (κ3) is 6.68. The van der Waals surface area contributed by atoms with Crippen molar-refractivity contribution in [3.8, 4) is 0 Å². The molecule has 0 spiro atoms. The predicted molar refractivity (Wildman–Crippen MR) is 110 cm³/mol. The Labute approximate surface area is 170 Å². The van der Waals surface area contributed by atoms with Crippen LogP contribution < -0.4 is 5.32 Å². The van der Waals surface area contributed by atoms with Crippen LogP contribution >= 0.6 is 23.4 Å². The summed E-state index contributed by atoms with van der Waals surface area (Å²) in [4.78, 5) is 25.2. The van der Waals surface area contributed by atoms with Crippen LogP contribution in [0.5, 0.6) is 0 Å². The molecule has 1 N–H and O–H groups in total. The van der Waals surface area contributed by atoms with Gasteiger partial charge in [-0.25, -0.2) is 4.39 Å². The van der Waals surface area contributed by atoms with Gasteiger partial charge in [0, 0.05) is 10.3 Å². The van der Waals surface area contributed by atoms with Crippen LogP contribution in [0.1, 0.15) is 60.8 Å². The first-order chi connectivity index (χ1) is 12.5. The first kappa shape index (κ1) is 23.8. The molecule has 0 aliphatic heterocycles. The van der Waals surface area contributed by atoms with Crippen molar-refractivity contribution in [2.45, 2.75) is 77.1 Å². The molecular formula is C20H29ClFNO3S. The highest BCUT2D eigenvalue weighted by molar-refractivity contribution is 8.00. The minimum Gasteiger partial charge on any atom is -0.462 e. The fraction of sp³-hybridized carbons (Fsp3) is 0.600. The summed E-state index contributed by atoms with van der Waals surface area (Å²) in [6.45, 7) is 11.1. The Morgan fingerprint density at radius 2 is 1.89 bits per heavy atom. The van der Waals surface area contributed by atoms with Crippen LogP contribution in [-0.2, 0) is 14.3 Å². The molecule has 7 heteroatoms. The van der Waals surface area contributed by atoms with Crippen LogP contribution in [0.4, 0.5) is 10.1 Å². The number of nitrogens with one attached hydrogen (secondary N) is 1. The van der Waals surface area contributed by atoms with E-state index < -0.39 is 16.5 Å². The predicted octanol–water partition coefficient (Wildman–Crippen LogP) is 6.07. The number of rotatable bonds is 9. The third-order valence-electron chi connectivity index (χ3n) is 4.56. The maximum Gasteiger partial charge on any atom is 0.319 e. The molecule has 27 heavy (non-hydrogen) atoms. The van der Waals surface area contributed by atoms with E-state index in [4.69, 9.17) is 16.3 Å². The Morgan fingerprint density at radius 1 is 1.26 bits per heavy atom. The minimum atomic E-state index is -0.620. The highest BCUT2D eigenvalue weighted by Crippen LogP contribution is 2.36. The lowest BCUT2D eigenvalue weighted by molar-refractivity contribution is -0.147. The van der Waals surface area contributed by atoms with Crippen molar-refractivity contribution in [3.05, 3.63) is 23.0 Å². The zero-order valence-corrected chi connectivity index (χ0v) is 18.4. The third-order valence-corrected chi connectivity index (χ3v) is 6.39. The van der Waals surface area contributed by atoms with Gasteiger partial charge in [-0.1, -0.05) is 46.2 Å². The van der Waals surface area contributed by atoms with Crippen molar-refractivity contribution in [1.82, 2.24) is 0 Å². The standard InChI is InChI=1S/C20H29ClFNO3S/c1-7-12(4)26-18(24)16(8-2)27-17-11-15(14(22)10-13(17)21)23-19(25)20(5,6)9-3/h10-12,16H,7-9H2,1-6H3,(H,23,25). The maximum absolute atomic E-state index is 14.3. The van der Waals surface area contributed by atoms with Crippen LogP contribution in [0.15, 0.2) is 17.0 Å². The van der Waals surface area contributed by atoms with Crippen LogP contribution in [-0.4, -0.2) is 23.2 Å². The van der Waals surface area contributed by atoms with Crippen molar-refractivity contribution >= 4 is 40.9 Å². The number of hydrogen-bond acceptors (Lipinski definition) is 4. The number of benzene rings is 1. The molecule has 0 fully saturated rings. The van der Waals surface area contributed by atoms with E-state index in [-0.39, 0.29) is 28.7 Å². The number of amides is 1. The molecule has 1 rings (SSSR count). The van der Waals surface area contributed by atoms with E-state index in [9.17, 15) is 14.0 Å². The quantitative estimate of drug-likeness (QED) is 0.391. The number of hydrogen-bond donors (Lipinski definition) is 1. The van der Waals surface area contributed by atoms with Crippen LogP contribution in [0.3, 0.4) is 0 Å². The topological polar surface area (TPSA) is 55.4 Å². The Kier molecular flexibility index (Phi) is 9.09. The van der Waals surface area contributed by atoms with Gasteiger partial charge in [0.05, 0.1) is 16.8 Å². The van der Waals surface area contributed by atoms with Crippen LogP contribution in [0.2, 0.25) is 5.02 Å². The molecule has 2 atom stereocenters.